The van der Waals surface area contributed by atoms with Crippen molar-refractivity contribution in [2.45, 2.75) is 20.8 Å². The topological polar surface area (TPSA) is 44.1 Å². The van der Waals surface area contributed by atoms with Crippen LogP contribution in [-0.2, 0) is 4.79 Å². The van der Waals surface area contributed by atoms with Crippen molar-refractivity contribution in [3.63, 3.8) is 0 Å². The van der Waals surface area contributed by atoms with Crippen LogP contribution in [0.4, 0.5) is 5.69 Å². The Morgan fingerprint density at radius 3 is 2.59 bits per heavy atom. The van der Waals surface area contributed by atoms with E-state index in [4.69, 9.17) is 5.26 Å². The lowest BCUT2D eigenvalue weighted by atomic mass is 9.93. The first-order valence-electron chi connectivity index (χ1n) is 5.25. The van der Waals surface area contributed by atoms with Gasteiger partial charge in [-0.2, -0.15) is 5.26 Å². The Labute approximate surface area is 110 Å². The van der Waals surface area contributed by atoms with E-state index < -0.39 is 5.41 Å². The number of benzene rings is 1. The van der Waals surface area contributed by atoms with Gasteiger partial charge in [-0.1, -0.05) is 22.0 Å². The summed E-state index contributed by atoms with van der Waals surface area (Å²) in [6.45, 7) is 5.18. The van der Waals surface area contributed by atoms with Crippen molar-refractivity contribution in [1.82, 2.24) is 0 Å². The minimum atomic E-state index is -1.01. The normalized spacial score (nSPS) is 10.8. The maximum absolute atomic E-state index is 12.1. The maximum atomic E-state index is 12.1. The van der Waals surface area contributed by atoms with Crippen LogP contribution in [0.3, 0.4) is 0 Å². The molecule has 0 atom stereocenters. The van der Waals surface area contributed by atoms with Crippen molar-refractivity contribution in [1.29, 1.82) is 5.26 Å². The van der Waals surface area contributed by atoms with Gasteiger partial charge in [0.15, 0.2) is 0 Å². The van der Waals surface area contributed by atoms with Crippen molar-refractivity contribution in [3.8, 4) is 6.07 Å². The molecule has 1 aromatic carbocycles. The third kappa shape index (κ3) is 2.86. The molecule has 0 spiro atoms. The molecule has 0 fully saturated rings. The molecular formula is C13H15BrN2O. The zero-order valence-electron chi connectivity index (χ0n) is 10.4. The van der Waals surface area contributed by atoms with Gasteiger partial charge in [0, 0.05) is 17.2 Å². The second kappa shape index (κ2) is 4.89. The Bertz CT molecular complexity index is 489. The highest BCUT2D eigenvalue weighted by atomic mass is 79.9. The van der Waals surface area contributed by atoms with Gasteiger partial charge in [0.05, 0.1) is 6.07 Å². The molecule has 0 aliphatic heterocycles. The number of hydrogen-bond donors (Lipinski definition) is 0. The Hall–Kier alpha value is -1.34. The second-order valence-electron chi connectivity index (χ2n) is 4.53. The van der Waals surface area contributed by atoms with Crippen molar-refractivity contribution >= 4 is 27.5 Å². The molecule has 4 heteroatoms. The van der Waals surface area contributed by atoms with Crippen LogP contribution in [0.15, 0.2) is 22.7 Å². The summed E-state index contributed by atoms with van der Waals surface area (Å²) in [4.78, 5) is 13.7. The summed E-state index contributed by atoms with van der Waals surface area (Å²) in [5.41, 5.74) is 0.800. The number of amides is 1. The van der Waals surface area contributed by atoms with Crippen LogP contribution < -0.4 is 4.90 Å². The molecule has 0 saturated heterocycles. The molecule has 0 aromatic heterocycles. The molecule has 0 saturated carbocycles. The zero-order chi connectivity index (χ0) is 13.2. The Balaban J connectivity index is 3.14. The fourth-order valence-electron chi connectivity index (χ4n) is 1.52. The van der Waals surface area contributed by atoms with Gasteiger partial charge in [-0.25, -0.2) is 0 Å². The van der Waals surface area contributed by atoms with E-state index >= 15 is 0 Å². The third-order valence-electron chi connectivity index (χ3n) is 2.65. The summed E-state index contributed by atoms with van der Waals surface area (Å²) in [6, 6.07) is 7.75. The molecule has 90 valence electrons. The van der Waals surface area contributed by atoms with Gasteiger partial charge in [-0.3, -0.25) is 4.79 Å². The van der Waals surface area contributed by atoms with Crippen molar-refractivity contribution in [3.05, 3.63) is 28.2 Å². The largest absolute Gasteiger partial charge is 0.314 e. The van der Waals surface area contributed by atoms with E-state index in [-0.39, 0.29) is 5.91 Å². The van der Waals surface area contributed by atoms with E-state index in [1.165, 1.54) is 4.90 Å². The molecule has 1 rings (SSSR count). The molecule has 1 aromatic rings. The lowest BCUT2D eigenvalue weighted by Gasteiger charge is -2.25. The monoisotopic (exact) mass is 294 g/mol. The Kier molecular flexibility index (Phi) is 3.94. The van der Waals surface area contributed by atoms with Crippen LogP contribution in [0.2, 0.25) is 0 Å². The number of nitrogens with zero attached hydrogens (tertiary/aromatic N) is 2. The van der Waals surface area contributed by atoms with E-state index in [0.29, 0.717) is 0 Å². The van der Waals surface area contributed by atoms with Crippen molar-refractivity contribution in [2.24, 2.45) is 5.41 Å². The fourth-order valence-corrected chi connectivity index (χ4v) is 1.87. The van der Waals surface area contributed by atoms with Crippen LogP contribution >= 0.6 is 15.9 Å². The molecule has 0 radical (unpaired) electrons. The smallest absolute Gasteiger partial charge is 0.246 e. The highest BCUT2D eigenvalue weighted by molar-refractivity contribution is 9.10. The molecule has 0 heterocycles. The number of carbonyl (C=O) groups is 1. The summed E-state index contributed by atoms with van der Waals surface area (Å²) in [7, 11) is 1.69. The molecule has 3 nitrogen and oxygen atoms in total. The SMILES string of the molecule is Cc1ccc(Br)cc1N(C)C(=O)C(C)(C)C#N. The number of halogens is 1. The van der Waals surface area contributed by atoms with Gasteiger partial charge < -0.3 is 4.90 Å². The van der Waals surface area contributed by atoms with Crippen LogP contribution in [0.1, 0.15) is 19.4 Å². The second-order valence-corrected chi connectivity index (χ2v) is 5.45. The molecule has 0 aliphatic rings. The summed E-state index contributed by atoms with van der Waals surface area (Å²) in [6.07, 6.45) is 0. The molecule has 0 bridgehead atoms. The summed E-state index contributed by atoms with van der Waals surface area (Å²) in [5.74, 6) is -0.207. The Morgan fingerprint density at radius 1 is 1.47 bits per heavy atom. The van der Waals surface area contributed by atoms with E-state index in [0.717, 1.165) is 15.7 Å². The number of hydrogen-bond acceptors (Lipinski definition) is 2. The van der Waals surface area contributed by atoms with Crippen LogP contribution in [0, 0.1) is 23.7 Å². The van der Waals surface area contributed by atoms with Crippen LogP contribution in [-0.4, -0.2) is 13.0 Å². The zero-order valence-corrected chi connectivity index (χ0v) is 12.0. The first kappa shape index (κ1) is 13.7. The van der Waals surface area contributed by atoms with E-state index in [2.05, 4.69) is 15.9 Å². The van der Waals surface area contributed by atoms with Gasteiger partial charge in [0.25, 0.3) is 0 Å². The number of carbonyl (C=O) groups excluding carboxylic acids is 1. The minimum absolute atomic E-state index is 0.207. The summed E-state index contributed by atoms with van der Waals surface area (Å²) < 4.78 is 0.910. The predicted molar refractivity (Wildman–Crippen MR) is 71.7 cm³/mol. The van der Waals surface area contributed by atoms with Gasteiger partial charge in [-0.05, 0) is 38.5 Å². The molecular weight excluding hydrogens is 280 g/mol. The lowest BCUT2D eigenvalue weighted by molar-refractivity contribution is -0.123. The van der Waals surface area contributed by atoms with Crippen molar-refractivity contribution < 1.29 is 4.79 Å². The quantitative estimate of drug-likeness (QED) is 0.840. The molecule has 0 aliphatic carbocycles. The highest BCUT2D eigenvalue weighted by Crippen LogP contribution is 2.27. The molecule has 1 amide bonds. The number of aryl methyl sites for hydroxylation is 1. The summed E-state index contributed by atoms with van der Waals surface area (Å²) in [5, 5.41) is 8.98. The maximum Gasteiger partial charge on any atom is 0.246 e. The van der Waals surface area contributed by atoms with Gasteiger partial charge in [0.1, 0.15) is 5.41 Å². The lowest BCUT2D eigenvalue weighted by Crippen LogP contribution is -2.38. The van der Waals surface area contributed by atoms with E-state index in [1.807, 2.05) is 31.2 Å². The van der Waals surface area contributed by atoms with E-state index in [9.17, 15) is 4.79 Å². The molecule has 17 heavy (non-hydrogen) atoms. The molecule has 0 N–H and O–H groups in total. The third-order valence-corrected chi connectivity index (χ3v) is 3.14. The number of anilines is 1. The van der Waals surface area contributed by atoms with Gasteiger partial charge in [0.2, 0.25) is 5.91 Å². The van der Waals surface area contributed by atoms with Gasteiger partial charge >= 0.3 is 0 Å². The van der Waals surface area contributed by atoms with Gasteiger partial charge in [-0.15, -0.1) is 0 Å². The fraction of sp³-hybridized carbons (Fsp3) is 0.385. The van der Waals surface area contributed by atoms with E-state index in [1.54, 1.807) is 20.9 Å². The Morgan fingerprint density at radius 2 is 2.06 bits per heavy atom. The average molecular weight is 295 g/mol. The first-order valence-corrected chi connectivity index (χ1v) is 6.04. The molecule has 0 unspecified atom stereocenters. The van der Waals surface area contributed by atoms with Crippen molar-refractivity contribution in [2.75, 3.05) is 11.9 Å². The number of nitriles is 1. The van der Waals surface area contributed by atoms with Crippen LogP contribution in [0.25, 0.3) is 0 Å². The standard InChI is InChI=1S/C13H15BrN2O/c1-9-5-6-10(14)7-11(9)16(4)12(17)13(2,3)8-15/h5-7H,1-4H3. The number of rotatable bonds is 2. The highest BCUT2D eigenvalue weighted by Gasteiger charge is 2.31. The first-order chi connectivity index (χ1) is 7.79. The predicted octanol–water partition coefficient (Wildman–Crippen LogP) is 3.27. The minimum Gasteiger partial charge on any atom is -0.314 e. The summed E-state index contributed by atoms with van der Waals surface area (Å²) >= 11 is 3.38. The van der Waals surface area contributed by atoms with Crippen LogP contribution in [0.5, 0.6) is 0 Å². The average Bonchev–Trinajstić information content (AvgIpc) is 2.30.